The van der Waals surface area contributed by atoms with E-state index in [4.69, 9.17) is 5.73 Å². The Bertz CT molecular complexity index is 423. The lowest BCUT2D eigenvalue weighted by Gasteiger charge is -2.30. The second kappa shape index (κ2) is 7.43. The summed E-state index contributed by atoms with van der Waals surface area (Å²) in [6.45, 7) is 5.29. The highest BCUT2D eigenvalue weighted by atomic mass is 16.2. The molecule has 0 radical (unpaired) electrons. The van der Waals surface area contributed by atoms with E-state index in [0.29, 0.717) is 13.0 Å². The minimum absolute atomic E-state index is 0.111. The quantitative estimate of drug-likeness (QED) is 0.856. The third-order valence-electron chi connectivity index (χ3n) is 4.02. The highest BCUT2D eigenvalue weighted by Gasteiger charge is 2.25. The van der Waals surface area contributed by atoms with Crippen molar-refractivity contribution in [2.75, 3.05) is 19.6 Å². The van der Waals surface area contributed by atoms with Crippen molar-refractivity contribution in [3.8, 4) is 0 Å². The smallest absolute Gasteiger partial charge is 0.227 e. The second-order valence-corrected chi connectivity index (χ2v) is 5.60. The average molecular weight is 278 g/mol. The molecule has 1 saturated heterocycles. The molecule has 5 nitrogen and oxygen atoms in total. The number of amides is 1. The van der Waals surface area contributed by atoms with Crippen LogP contribution in [0.3, 0.4) is 0 Å². The van der Waals surface area contributed by atoms with Crippen LogP contribution in [-0.2, 0) is 17.8 Å². The molecule has 112 valence electrons. The van der Waals surface area contributed by atoms with E-state index in [0.717, 1.165) is 44.6 Å². The van der Waals surface area contributed by atoms with Crippen LogP contribution in [-0.4, -0.2) is 40.0 Å². The summed E-state index contributed by atoms with van der Waals surface area (Å²) >= 11 is 0. The molecule has 5 heteroatoms. The predicted octanol–water partition coefficient (Wildman–Crippen LogP) is 1.42. The molecule has 0 bridgehead atoms. The number of hydrogen-bond acceptors (Lipinski definition) is 3. The Balaban J connectivity index is 2.00. The van der Waals surface area contributed by atoms with E-state index < -0.39 is 0 Å². The lowest BCUT2D eigenvalue weighted by molar-refractivity contribution is -0.136. The number of carbonyl (C=O) groups is 1. The molecule has 1 unspecified atom stereocenters. The van der Waals surface area contributed by atoms with Crippen LogP contribution >= 0.6 is 0 Å². The van der Waals surface area contributed by atoms with Gasteiger partial charge in [0.25, 0.3) is 0 Å². The molecule has 0 spiro atoms. The number of aryl methyl sites for hydroxylation is 1. The lowest BCUT2D eigenvalue weighted by Crippen LogP contribution is -2.42. The zero-order chi connectivity index (χ0) is 14.4. The van der Waals surface area contributed by atoms with E-state index in [2.05, 4.69) is 16.5 Å². The number of carbonyl (C=O) groups excluding carboxylic acids is 1. The summed E-state index contributed by atoms with van der Waals surface area (Å²) in [5.74, 6) is 0.108. The fourth-order valence-electron chi connectivity index (χ4n) is 2.86. The molecular weight excluding hydrogens is 252 g/mol. The maximum Gasteiger partial charge on any atom is 0.227 e. The minimum atomic E-state index is -0.111. The first kappa shape index (κ1) is 15.0. The summed E-state index contributed by atoms with van der Waals surface area (Å²) in [5.41, 5.74) is 6.96. The average Bonchev–Trinajstić information content (AvgIpc) is 2.92. The highest BCUT2D eigenvalue weighted by Crippen LogP contribution is 2.16. The lowest BCUT2D eigenvalue weighted by atomic mass is 10.00. The van der Waals surface area contributed by atoms with Gasteiger partial charge < -0.3 is 15.2 Å². The molecule has 2 rings (SSSR count). The van der Waals surface area contributed by atoms with E-state index in [1.54, 1.807) is 0 Å². The Labute approximate surface area is 121 Å². The molecule has 1 aliphatic rings. The standard InChI is InChI=1S/C15H26N4O/c1-2-6-19-12-17-11-14(19)9-13(10-16)15(20)18-7-4-3-5-8-18/h11-13H,2-10,16H2,1H3. The Morgan fingerprint density at radius 1 is 1.40 bits per heavy atom. The third kappa shape index (κ3) is 3.60. The number of hydrogen-bond donors (Lipinski definition) is 1. The summed E-state index contributed by atoms with van der Waals surface area (Å²) in [4.78, 5) is 18.7. The van der Waals surface area contributed by atoms with E-state index >= 15 is 0 Å². The maximum atomic E-state index is 12.5. The molecule has 0 saturated carbocycles. The summed E-state index contributed by atoms with van der Waals surface area (Å²) in [7, 11) is 0. The zero-order valence-electron chi connectivity index (χ0n) is 12.4. The number of piperidine rings is 1. The number of nitrogens with two attached hydrogens (primary N) is 1. The van der Waals surface area contributed by atoms with Gasteiger partial charge in [-0.1, -0.05) is 6.92 Å². The minimum Gasteiger partial charge on any atom is -0.342 e. The van der Waals surface area contributed by atoms with Crippen molar-refractivity contribution in [2.24, 2.45) is 11.7 Å². The third-order valence-corrected chi connectivity index (χ3v) is 4.02. The number of imidazole rings is 1. The molecule has 20 heavy (non-hydrogen) atoms. The van der Waals surface area contributed by atoms with Gasteiger partial charge in [-0.05, 0) is 25.7 Å². The molecule has 0 aromatic carbocycles. The molecule has 1 fully saturated rings. The van der Waals surface area contributed by atoms with Gasteiger partial charge in [-0.25, -0.2) is 4.98 Å². The van der Waals surface area contributed by atoms with Gasteiger partial charge in [0.05, 0.1) is 12.2 Å². The van der Waals surface area contributed by atoms with Crippen molar-refractivity contribution >= 4 is 5.91 Å². The van der Waals surface area contributed by atoms with Crippen LogP contribution in [0.2, 0.25) is 0 Å². The van der Waals surface area contributed by atoms with Crippen LogP contribution in [0.4, 0.5) is 0 Å². The Kier molecular flexibility index (Phi) is 5.59. The van der Waals surface area contributed by atoms with E-state index in [9.17, 15) is 4.79 Å². The largest absolute Gasteiger partial charge is 0.342 e. The van der Waals surface area contributed by atoms with Crippen molar-refractivity contribution in [1.82, 2.24) is 14.5 Å². The molecule has 1 aromatic rings. The Hall–Kier alpha value is -1.36. The first-order chi connectivity index (χ1) is 9.76. The van der Waals surface area contributed by atoms with Gasteiger partial charge >= 0.3 is 0 Å². The molecule has 2 N–H and O–H groups in total. The Morgan fingerprint density at radius 3 is 2.80 bits per heavy atom. The Morgan fingerprint density at radius 2 is 2.15 bits per heavy atom. The van der Waals surface area contributed by atoms with Crippen molar-refractivity contribution in [3.05, 3.63) is 18.2 Å². The normalized spacial score (nSPS) is 17.2. The van der Waals surface area contributed by atoms with Crippen LogP contribution in [0, 0.1) is 5.92 Å². The molecule has 1 aromatic heterocycles. The van der Waals surface area contributed by atoms with Crippen LogP contribution in [0.15, 0.2) is 12.5 Å². The summed E-state index contributed by atoms with van der Waals surface area (Å²) < 4.78 is 2.13. The van der Waals surface area contributed by atoms with Crippen LogP contribution < -0.4 is 5.73 Å². The summed E-state index contributed by atoms with van der Waals surface area (Å²) in [5, 5.41) is 0. The van der Waals surface area contributed by atoms with Crippen LogP contribution in [0.5, 0.6) is 0 Å². The van der Waals surface area contributed by atoms with Gasteiger partial charge in [-0.15, -0.1) is 0 Å². The van der Waals surface area contributed by atoms with Crippen LogP contribution in [0.25, 0.3) is 0 Å². The number of rotatable bonds is 6. The fourth-order valence-corrected chi connectivity index (χ4v) is 2.86. The van der Waals surface area contributed by atoms with Gasteiger partial charge in [-0.2, -0.15) is 0 Å². The second-order valence-electron chi connectivity index (χ2n) is 5.60. The first-order valence-corrected chi connectivity index (χ1v) is 7.74. The maximum absolute atomic E-state index is 12.5. The van der Waals surface area contributed by atoms with Crippen molar-refractivity contribution < 1.29 is 4.79 Å². The van der Waals surface area contributed by atoms with E-state index in [1.165, 1.54) is 6.42 Å². The monoisotopic (exact) mass is 278 g/mol. The topological polar surface area (TPSA) is 64.2 Å². The van der Waals surface area contributed by atoms with E-state index in [-0.39, 0.29) is 11.8 Å². The van der Waals surface area contributed by atoms with Crippen LogP contribution in [0.1, 0.15) is 38.3 Å². The highest BCUT2D eigenvalue weighted by molar-refractivity contribution is 5.79. The molecule has 1 aliphatic heterocycles. The van der Waals surface area contributed by atoms with Gasteiger partial charge in [0.1, 0.15) is 0 Å². The van der Waals surface area contributed by atoms with Crippen molar-refractivity contribution in [2.45, 2.75) is 45.6 Å². The van der Waals surface area contributed by atoms with Gasteiger partial charge in [0, 0.05) is 44.5 Å². The summed E-state index contributed by atoms with van der Waals surface area (Å²) in [6.07, 6.45) is 8.95. The van der Waals surface area contributed by atoms with E-state index in [1.807, 2.05) is 17.4 Å². The zero-order valence-corrected chi connectivity index (χ0v) is 12.4. The fraction of sp³-hybridized carbons (Fsp3) is 0.733. The predicted molar refractivity (Wildman–Crippen MR) is 79.2 cm³/mol. The number of nitrogens with zero attached hydrogens (tertiary/aromatic N) is 3. The molecule has 0 aliphatic carbocycles. The SMILES string of the molecule is CCCn1cncc1CC(CN)C(=O)N1CCCCC1. The number of aromatic nitrogens is 2. The van der Waals surface area contributed by atoms with Crippen molar-refractivity contribution in [3.63, 3.8) is 0 Å². The van der Waals surface area contributed by atoms with Gasteiger partial charge in [-0.3, -0.25) is 4.79 Å². The van der Waals surface area contributed by atoms with Gasteiger partial charge in [0.15, 0.2) is 0 Å². The van der Waals surface area contributed by atoms with Crippen molar-refractivity contribution in [1.29, 1.82) is 0 Å². The molecule has 2 heterocycles. The molecular formula is C15H26N4O. The number of likely N-dealkylation sites (tertiary alicyclic amines) is 1. The first-order valence-electron chi connectivity index (χ1n) is 7.74. The van der Waals surface area contributed by atoms with Gasteiger partial charge in [0.2, 0.25) is 5.91 Å². The summed E-state index contributed by atoms with van der Waals surface area (Å²) in [6, 6.07) is 0. The molecule has 1 atom stereocenters. The molecule has 1 amide bonds.